The van der Waals surface area contributed by atoms with Crippen molar-refractivity contribution in [1.82, 2.24) is 9.97 Å². The van der Waals surface area contributed by atoms with E-state index in [9.17, 15) is 22.3 Å². The van der Waals surface area contributed by atoms with E-state index in [1.54, 1.807) is 0 Å². The maximum atomic E-state index is 13.4. The molecule has 0 spiro atoms. The average Bonchev–Trinajstić information content (AvgIpc) is 3.27. The molecule has 10 nitrogen and oxygen atoms in total. The second-order valence-corrected chi connectivity index (χ2v) is 19.9. The molecule has 0 atom stereocenters. The van der Waals surface area contributed by atoms with Gasteiger partial charge in [-0.1, -0.05) is 107 Å². The molecule has 0 bridgehead atoms. The largest absolute Gasteiger partial charge is 0.416 e. The summed E-state index contributed by atoms with van der Waals surface area (Å²) in [5.41, 5.74) is 6.82. The van der Waals surface area contributed by atoms with Gasteiger partial charge in [0.2, 0.25) is 0 Å². The molecule has 0 aliphatic rings. The standard InChI is InChI=1S/C49H55F3N4O6P2.CH4/c50-49(51,52)45-23-21-44(22-24-45)48-53-46(42-17-13-38(14-18-42)40-25-31-55(32-26-40)29-9-5-1-3-7-11-35-63(57,58)59)37-47(54-48)43-19-15-39(16-20-43)41-27-33-56(34-28-41)30-10-6-2-4-8-12-36-64(60,61)62;/h13-28,31-34,37H,1-12,29-30,35-36H2,(H2-2,57,58,59,60,61,62);1H4/p+2. The number of unbranched alkanes of at least 4 members (excludes halogenated alkanes) is 10. The first kappa shape index (κ1) is 51.1. The second kappa shape index (κ2) is 24.1. The molecule has 346 valence electrons. The van der Waals surface area contributed by atoms with Crippen LogP contribution in [0.25, 0.3) is 56.2 Å². The summed E-state index contributed by atoms with van der Waals surface area (Å²) in [5, 5.41) is 0. The highest BCUT2D eigenvalue weighted by Crippen LogP contribution is 2.37. The normalized spacial score (nSPS) is 12.0. The molecule has 65 heavy (non-hydrogen) atoms. The van der Waals surface area contributed by atoms with Crippen molar-refractivity contribution in [2.75, 3.05) is 12.3 Å². The molecule has 0 saturated carbocycles. The molecular weight excluding hydrogens is 872 g/mol. The molecule has 6 rings (SSSR count). The predicted molar refractivity (Wildman–Crippen MR) is 251 cm³/mol. The van der Waals surface area contributed by atoms with Crippen LogP contribution < -0.4 is 9.13 Å². The lowest BCUT2D eigenvalue weighted by atomic mass is 10.0. The molecule has 0 saturated heterocycles. The van der Waals surface area contributed by atoms with Crippen LogP contribution >= 0.6 is 15.2 Å². The van der Waals surface area contributed by atoms with E-state index in [0.29, 0.717) is 35.6 Å². The van der Waals surface area contributed by atoms with Gasteiger partial charge in [0.15, 0.2) is 30.6 Å². The highest BCUT2D eigenvalue weighted by molar-refractivity contribution is 7.52. The van der Waals surface area contributed by atoms with Gasteiger partial charge in [0.05, 0.1) is 17.0 Å². The first-order valence-corrected chi connectivity index (χ1v) is 25.5. The molecule has 15 heteroatoms. The molecule has 3 aromatic heterocycles. The number of aromatic nitrogens is 4. The summed E-state index contributed by atoms with van der Waals surface area (Å²) < 4.78 is 66.6. The Morgan fingerprint density at radius 1 is 0.431 bits per heavy atom. The number of halogens is 3. The summed E-state index contributed by atoms with van der Waals surface area (Å²) in [6, 6.07) is 31.2. The van der Waals surface area contributed by atoms with E-state index in [1.807, 2.05) is 54.6 Å². The van der Waals surface area contributed by atoms with Crippen LogP contribution in [0.3, 0.4) is 0 Å². The number of aryl methyl sites for hydroxylation is 2. The summed E-state index contributed by atoms with van der Waals surface area (Å²) >= 11 is 0. The van der Waals surface area contributed by atoms with Crippen LogP contribution in [-0.2, 0) is 28.4 Å². The number of nitrogens with zero attached hydrogens (tertiary/aromatic N) is 4. The Balaban J connectivity index is 0.00000793. The van der Waals surface area contributed by atoms with E-state index >= 15 is 0 Å². The summed E-state index contributed by atoms with van der Waals surface area (Å²) in [6.45, 7) is 1.76. The summed E-state index contributed by atoms with van der Waals surface area (Å²) in [4.78, 5) is 45.7. The van der Waals surface area contributed by atoms with Gasteiger partial charge in [0, 0.05) is 66.1 Å². The molecule has 0 fully saturated rings. The van der Waals surface area contributed by atoms with E-state index in [4.69, 9.17) is 29.5 Å². The minimum Gasteiger partial charge on any atom is -0.324 e. The lowest BCUT2D eigenvalue weighted by molar-refractivity contribution is -0.697. The van der Waals surface area contributed by atoms with Gasteiger partial charge in [-0.3, -0.25) is 9.13 Å². The van der Waals surface area contributed by atoms with Crippen LogP contribution in [0.5, 0.6) is 0 Å². The monoisotopic (exact) mass is 932 g/mol. The zero-order chi connectivity index (χ0) is 45.6. The Morgan fingerprint density at radius 2 is 0.738 bits per heavy atom. The van der Waals surface area contributed by atoms with E-state index in [-0.39, 0.29) is 19.8 Å². The highest BCUT2D eigenvalue weighted by atomic mass is 31.2. The molecular formula is C50H61F3N4O6P2+2. The molecule has 0 amide bonds. The zero-order valence-corrected chi connectivity index (χ0v) is 37.6. The SMILES string of the molecule is C.O=P(O)(O)CCCCCCCC[n+]1ccc(-c2ccc(-c3cc(-c4ccc(-c5cc[n+](CCCCCCCCP(=O)(O)O)cc5)cc4)nc(-c4ccc(C(F)(F)F)cc4)n3)cc2)cc1. The predicted octanol–water partition coefficient (Wildman–Crippen LogP) is 12.1. The lowest BCUT2D eigenvalue weighted by Crippen LogP contribution is -2.32. The van der Waals surface area contributed by atoms with E-state index < -0.39 is 26.9 Å². The van der Waals surface area contributed by atoms with Crippen molar-refractivity contribution < 1.29 is 51.0 Å². The van der Waals surface area contributed by atoms with Crippen molar-refractivity contribution in [2.24, 2.45) is 0 Å². The average molecular weight is 933 g/mol. The fourth-order valence-electron chi connectivity index (χ4n) is 7.58. The highest BCUT2D eigenvalue weighted by Gasteiger charge is 2.30. The van der Waals surface area contributed by atoms with Crippen LogP contribution in [-0.4, -0.2) is 41.9 Å². The number of benzene rings is 3. The van der Waals surface area contributed by atoms with Gasteiger partial charge in [-0.15, -0.1) is 0 Å². The van der Waals surface area contributed by atoms with E-state index in [2.05, 4.69) is 58.2 Å². The van der Waals surface area contributed by atoms with E-state index in [1.165, 1.54) is 12.1 Å². The Labute approximate surface area is 380 Å². The van der Waals surface area contributed by atoms with Crippen molar-refractivity contribution in [3.8, 4) is 56.2 Å². The van der Waals surface area contributed by atoms with Gasteiger partial charge < -0.3 is 19.6 Å². The van der Waals surface area contributed by atoms with Crippen molar-refractivity contribution in [2.45, 2.75) is 104 Å². The Hall–Kier alpha value is -4.87. The van der Waals surface area contributed by atoms with E-state index in [0.717, 1.165) is 123 Å². The van der Waals surface area contributed by atoms with Crippen LogP contribution in [0.4, 0.5) is 13.2 Å². The van der Waals surface area contributed by atoms with Gasteiger partial charge in [-0.25, -0.2) is 19.1 Å². The Bertz CT molecular complexity index is 2330. The van der Waals surface area contributed by atoms with Gasteiger partial charge in [0.25, 0.3) is 0 Å². The molecule has 0 aliphatic carbocycles. The van der Waals surface area contributed by atoms with Gasteiger partial charge in [-0.05, 0) is 66.1 Å². The van der Waals surface area contributed by atoms with Crippen LogP contribution in [0.15, 0.2) is 128 Å². The third-order valence-corrected chi connectivity index (χ3v) is 13.0. The van der Waals surface area contributed by atoms with Crippen LogP contribution in [0.2, 0.25) is 0 Å². The molecule has 0 aliphatic heterocycles. The third-order valence-electron chi connectivity index (χ3n) is 11.2. The van der Waals surface area contributed by atoms with Crippen molar-refractivity contribution in [1.29, 1.82) is 0 Å². The number of alkyl halides is 3. The third kappa shape index (κ3) is 16.8. The van der Waals surface area contributed by atoms with Crippen LogP contribution in [0.1, 0.15) is 90.0 Å². The topological polar surface area (TPSA) is 149 Å². The first-order chi connectivity index (χ1) is 30.6. The number of hydrogen-bond donors (Lipinski definition) is 4. The number of rotatable bonds is 23. The molecule has 3 heterocycles. The molecule has 0 unspecified atom stereocenters. The minimum absolute atomic E-state index is 0. The lowest BCUT2D eigenvalue weighted by Gasteiger charge is -2.11. The summed E-state index contributed by atoms with van der Waals surface area (Å²) in [5.74, 6) is 0.314. The van der Waals surface area contributed by atoms with Crippen LogP contribution in [0, 0.1) is 0 Å². The Kier molecular flexibility index (Phi) is 18.9. The number of pyridine rings is 2. The smallest absolute Gasteiger partial charge is 0.324 e. The Morgan fingerprint density at radius 3 is 1.09 bits per heavy atom. The fourth-order valence-corrected chi connectivity index (χ4v) is 8.85. The molecule has 4 N–H and O–H groups in total. The first-order valence-electron chi connectivity index (χ1n) is 22.0. The quantitative estimate of drug-likeness (QED) is 0.0282. The van der Waals surface area contributed by atoms with Gasteiger partial charge in [-0.2, -0.15) is 13.2 Å². The molecule has 0 radical (unpaired) electrons. The summed E-state index contributed by atoms with van der Waals surface area (Å²) in [6.07, 6.45) is 14.6. The maximum Gasteiger partial charge on any atom is 0.416 e. The molecule has 3 aromatic carbocycles. The maximum absolute atomic E-state index is 13.4. The van der Waals surface area contributed by atoms with Gasteiger partial charge >= 0.3 is 21.4 Å². The number of hydrogen-bond acceptors (Lipinski definition) is 4. The zero-order valence-electron chi connectivity index (χ0n) is 35.9. The second-order valence-electron chi connectivity index (χ2n) is 16.4. The van der Waals surface area contributed by atoms with Gasteiger partial charge in [0.1, 0.15) is 13.1 Å². The molecule has 6 aromatic rings. The fraction of sp³-hybridized carbons (Fsp3) is 0.360. The summed E-state index contributed by atoms with van der Waals surface area (Å²) in [7, 11) is -7.80. The van der Waals surface area contributed by atoms with Crippen molar-refractivity contribution in [3.05, 3.63) is 133 Å². The minimum atomic E-state index is -4.46. The van der Waals surface area contributed by atoms with Crippen molar-refractivity contribution >= 4 is 15.2 Å². The van der Waals surface area contributed by atoms with Crippen molar-refractivity contribution in [3.63, 3.8) is 0 Å².